The topological polar surface area (TPSA) is 41.5 Å². The summed E-state index contributed by atoms with van der Waals surface area (Å²) in [6, 6.07) is 12.5. The average molecular weight is 318 g/mol. The summed E-state index contributed by atoms with van der Waals surface area (Å²) in [6.45, 7) is -0.123. The number of carbonyl (C=O) groups excluding carboxylic acids is 1. The Morgan fingerprint density at radius 1 is 1.09 bits per heavy atom. The molecule has 6 heteroatoms. The highest BCUT2D eigenvalue weighted by molar-refractivity contribution is 6.12. The molecule has 23 heavy (non-hydrogen) atoms. The largest absolute Gasteiger partial charge is 0.416 e. The van der Waals surface area contributed by atoms with Crippen LogP contribution in [0.4, 0.5) is 18.9 Å². The lowest BCUT2D eigenvalue weighted by molar-refractivity contribution is -0.138. The first-order valence-electron chi connectivity index (χ1n) is 7.01. The summed E-state index contributed by atoms with van der Waals surface area (Å²) in [4.78, 5) is 16.0. The summed E-state index contributed by atoms with van der Waals surface area (Å²) in [7, 11) is 0. The first-order valence-corrected chi connectivity index (χ1v) is 7.01. The molecule has 1 heterocycles. The van der Waals surface area contributed by atoms with Crippen LogP contribution in [0.3, 0.4) is 0 Å². The second-order valence-corrected chi connectivity index (χ2v) is 5.20. The minimum atomic E-state index is -4.41. The van der Waals surface area contributed by atoms with E-state index in [9.17, 15) is 18.0 Å². The second-order valence-electron chi connectivity index (χ2n) is 5.20. The summed E-state index contributed by atoms with van der Waals surface area (Å²) in [5.41, 5.74) is 0.881. The smallest absolute Gasteiger partial charge is 0.325 e. The van der Waals surface area contributed by atoms with Crippen molar-refractivity contribution in [2.24, 2.45) is 4.99 Å². The van der Waals surface area contributed by atoms with Crippen LogP contribution < -0.4 is 5.32 Å². The van der Waals surface area contributed by atoms with Crippen LogP contribution >= 0.6 is 0 Å². The van der Waals surface area contributed by atoms with Crippen LogP contribution in [0.2, 0.25) is 0 Å². The van der Waals surface area contributed by atoms with Gasteiger partial charge >= 0.3 is 6.18 Å². The predicted molar refractivity (Wildman–Crippen MR) is 81.5 cm³/mol. The van der Waals surface area contributed by atoms with E-state index < -0.39 is 17.7 Å². The van der Waals surface area contributed by atoms with Crippen molar-refractivity contribution in [2.45, 2.75) is 18.6 Å². The third-order valence-electron chi connectivity index (χ3n) is 3.68. The van der Waals surface area contributed by atoms with Crippen LogP contribution in [0.1, 0.15) is 22.6 Å². The normalized spacial score (nSPS) is 17.3. The highest BCUT2D eigenvalue weighted by Crippen LogP contribution is 2.33. The Bertz CT molecular complexity index is 768. The van der Waals surface area contributed by atoms with Crippen LogP contribution in [-0.2, 0) is 17.5 Å². The fourth-order valence-electron chi connectivity index (χ4n) is 2.57. The summed E-state index contributed by atoms with van der Waals surface area (Å²) >= 11 is 0. The number of rotatable bonds is 3. The van der Waals surface area contributed by atoms with Gasteiger partial charge in [0, 0.05) is 11.9 Å². The number of carbonyl (C=O) groups is 1. The quantitative estimate of drug-likeness (QED) is 0.854. The van der Waals surface area contributed by atoms with E-state index in [1.165, 1.54) is 24.4 Å². The van der Waals surface area contributed by atoms with Crippen LogP contribution in [-0.4, -0.2) is 12.1 Å². The van der Waals surface area contributed by atoms with E-state index in [0.717, 1.165) is 11.6 Å². The predicted octanol–water partition coefficient (Wildman–Crippen LogP) is 4.01. The molecule has 1 N–H and O–H groups in total. The van der Waals surface area contributed by atoms with Crippen molar-refractivity contribution < 1.29 is 18.0 Å². The average Bonchev–Trinajstić information content (AvgIpc) is 2.83. The fourth-order valence-corrected chi connectivity index (χ4v) is 2.57. The van der Waals surface area contributed by atoms with E-state index in [2.05, 4.69) is 10.3 Å². The van der Waals surface area contributed by atoms with Crippen molar-refractivity contribution in [1.82, 2.24) is 0 Å². The number of hydrogen-bond donors (Lipinski definition) is 1. The molecule has 0 aromatic heterocycles. The molecule has 1 aliphatic rings. The number of fused-ring (bicyclic) bond motifs is 1. The SMILES string of the molecule is O=C1Nc2ccccc2C1C=NCc1ccccc1C(F)(F)F. The van der Waals surface area contributed by atoms with Crippen molar-refractivity contribution in [3.8, 4) is 0 Å². The third kappa shape index (κ3) is 3.11. The third-order valence-corrected chi connectivity index (χ3v) is 3.68. The number of amides is 1. The zero-order chi connectivity index (χ0) is 16.4. The first kappa shape index (κ1) is 15.3. The van der Waals surface area contributed by atoms with Crippen molar-refractivity contribution in [3.05, 3.63) is 65.2 Å². The number of alkyl halides is 3. The maximum atomic E-state index is 12.9. The van der Waals surface area contributed by atoms with Gasteiger partial charge < -0.3 is 5.32 Å². The van der Waals surface area contributed by atoms with Gasteiger partial charge in [-0.05, 0) is 23.3 Å². The highest BCUT2D eigenvalue weighted by Gasteiger charge is 2.33. The minimum Gasteiger partial charge on any atom is -0.325 e. The highest BCUT2D eigenvalue weighted by atomic mass is 19.4. The van der Waals surface area contributed by atoms with Crippen LogP contribution in [0.5, 0.6) is 0 Å². The Morgan fingerprint density at radius 2 is 1.78 bits per heavy atom. The summed E-state index contributed by atoms with van der Waals surface area (Å²) in [5, 5.41) is 2.72. The van der Waals surface area contributed by atoms with Crippen LogP contribution in [0, 0.1) is 0 Å². The molecule has 1 unspecified atom stereocenters. The molecule has 0 aliphatic carbocycles. The van der Waals surface area contributed by atoms with E-state index in [4.69, 9.17) is 0 Å². The Kier molecular flexibility index (Phi) is 3.90. The Labute approximate surface area is 130 Å². The molecule has 2 aromatic rings. The molecule has 3 nitrogen and oxygen atoms in total. The molecule has 0 spiro atoms. The Balaban J connectivity index is 1.80. The van der Waals surface area contributed by atoms with E-state index in [1.807, 2.05) is 0 Å². The van der Waals surface area contributed by atoms with E-state index in [0.29, 0.717) is 5.69 Å². The number of hydrogen-bond acceptors (Lipinski definition) is 2. The molecule has 3 rings (SSSR count). The molecule has 1 aliphatic heterocycles. The molecule has 0 saturated heterocycles. The number of nitrogens with zero attached hydrogens (tertiary/aromatic N) is 1. The zero-order valence-corrected chi connectivity index (χ0v) is 12.0. The molecule has 0 bridgehead atoms. The summed E-state index contributed by atoms with van der Waals surface area (Å²) in [6.07, 6.45) is -3.00. The number of nitrogens with one attached hydrogen (secondary N) is 1. The number of para-hydroxylation sites is 1. The standard InChI is InChI=1S/C17H13F3N2O/c18-17(19,20)14-7-3-1-5-11(14)9-21-10-13-12-6-2-4-8-15(12)22-16(13)23/h1-8,10,13H,9H2,(H,22,23). The van der Waals surface area contributed by atoms with Crippen molar-refractivity contribution in [2.75, 3.05) is 5.32 Å². The second kappa shape index (κ2) is 5.87. The van der Waals surface area contributed by atoms with Crippen molar-refractivity contribution in [3.63, 3.8) is 0 Å². The number of benzene rings is 2. The lowest BCUT2D eigenvalue weighted by Gasteiger charge is -2.11. The first-order chi connectivity index (χ1) is 11.0. The number of halogens is 3. The molecular weight excluding hydrogens is 305 g/mol. The molecule has 0 radical (unpaired) electrons. The van der Waals surface area contributed by atoms with E-state index in [-0.39, 0.29) is 18.0 Å². The molecule has 1 amide bonds. The molecule has 2 aromatic carbocycles. The van der Waals surface area contributed by atoms with E-state index >= 15 is 0 Å². The lowest BCUT2D eigenvalue weighted by Crippen LogP contribution is -2.13. The van der Waals surface area contributed by atoms with Crippen LogP contribution in [0.15, 0.2) is 53.5 Å². The monoisotopic (exact) mass is 318 g/mol. The van der Waals surface area contributed by atoms with Gasteiger partial charge in [-0.3, -0.25) is 9.79 Å². The molecule has 118 valence electrons. The summed E-state index contributed by atoms with van der Waals surface area (Å²) < 4.78 is 38.8. The Hall–Kier alpha value is -2.63. The zero-order valence-electron chi connectivity index (χ0n) is 12.0. The minimum absolute atomic E-state index is 0.0861. The van der Waals surface area contributed by atoms with Gasteiger partial charge in [0.25, 0.3) is 0 Å². The van der Waals surface area contributed by atoms with Crippen molar-refractivity contribution >= 4 is 17.8 Å². The van der Waals surface area contributed by atoms with E-state index in [1.54, 1.807) is 24.3 Å². The van der Waals surface area contributed by atoms with Crippen molar-refractivity contribution in [1.29, 1.82) is 0 Å². The van der Waals surface area contributed by atoms with Crippen LogP contribution in [0.25, 0.3) is 0 Å². The van der Waals surface area contributed by atoms with Gasteiger partial charge in [-0.2, -0.15) is 13.2 Å². The number of aliphatic imine (C=N–C) groups is 1. The molecule has 0 saturated carbocycles. The maximum absolute atomic E-state index is 12.9. The van der Waals surface area contributed by atoms with Gasteiger partial charge in [0.2, 0.25) is 5.91 Å². The molecular formula is C17H13F3N2O. The Morgan fingerprint density at radius 3 is 2.57 bits per heavy atom. The van der Waals surface area contributed by atoms with Gasteiger partial charge in [-0.25, -0.2) is 0 Å². The fraction of sp³-hybridized carbons (Fsp3) is 0.176. The number of anilines is 1. The lowest BCUT2D eigenvalue weighted by atomic mass is 10.0. The van der Waals surface area contributed by atoms with Gasteiger partial charge in [-0.1, -0.05) is 36.4 Å². The van der Waals surface area contributed by atoms with Gasteiger partial charge in [0.15, 0.2) is 0 Å². The maximum Gasteiger partial charge on any atom is 0.416 e. The van der Waals surface area contributed by atoms with Gasteiger partial charge in [0.1, 0.15) is 5.92 Å². The summed E-state index contributed by atoms with van der Waals surface area (Å²) in [5.74, 6) is -0.789. The molecule has 0 fully saturated rings. The van der Waals surface area contributed by atoms with Gasteiger partial charge in [0.05, 0.1) is 12.1 Å². The van der Waals surface area contributed by atoms with Gasteiger partial charge in [-0.15, -0.1) is 0 Å². The molecule has 1 atom stereocenters.